The Hall–Kier alpha value is -1.31. The molecule has 1 atom stereocenters. The van der Waals surface area contributed by atoms with E-state index >= 15 is 0 Å². The van der Waals surface area contributed by atoms with Crippen molar-refractivity contribution in [1.29, 1.82) is 0 Å². The molecule has 0 bridgehead atoms. The zero-order valence-electron chi connectivity index (χ0n) is 13.5. The maximum atomic E-state index is 5.39. The molecule has 0 radical (unpaired) electrons. The molecule has 0 aromatic carbocycles. The summed E-state index contributed by atoms with van der Waals surface area (Å²) in [7, 11) is 0. The van der Waals surface area contributed by atoms with Gasteiger partial charge >= 0.3 is 0 Å². The molecule has 116 valence electrons. The van der Waals surface area contributed by atoms with Crippen LogP contribution < -0.4 is 5.32 Å². The average molecular weight is 288 g/mol. The topological polar surface area (TPSA) is 33.1 Å². The Morgan fingerprint density at radius 1 is 1.38 bits per heavy atom. The maximum absolute atomic E-state index is 5.39. The second-order valence-electron chi connectivity index (χ2n) is 7.10. The van der Waals surface area contributed by atoms with Gasteiger partial charge in [0.15, 0.2) is 0 Å². The van der Waals surface area contributed by atoms with Gasteiger partial charge in [0, 0.05) is 44.1 Å². The molecule has 2 rings (SSSR count). The van der Waals surface area contributed by atoms with Gasteiger partial charge in [-0.1, -0.05) is 26.7 Å². The summed E-state index contributed by atoms with van der Waals surface area (Å²) < 4.78 is 2.16. The van der Waals surface area contributed by atoms with Crippen LogP contribution in [0.2, 0.25) is 0 Å². The lowest BCUT2D eigenvalue weighted by molar-refractivity contribution is 0.167. The quantitative estimate of drug-likeness (QED) is 0.841. The summed E-state index contributed by atoms with van der Waals surface area (Å²) in [5.41, 5.74) is 0.222. The number of nitrogens with zero attached hydrogens (tertiary/aromatic N) is 3. The van der Waals surface area contributed by atoms with Crippen molar-refractivity contribution in [3.63, 3.8) is 0 Å². The summed E-state index contributed by atoms with van der Waals surface area (Å²) in [6.07, 6.45) is 13.5. The van der Waals surface area contributed by atoms with E-state index in [0.717, 1.165) is 26.2 Å². The van der Waals surface area contributed by atoms with E-state index < -0.39 is 0 Å². The number of nitrogens with one attached hydrogen (secondary N) is 1. The van der Waals surface area contributed by atoms with Crippen LogP contribution in [0, 0.1) is 17.8 Å². The molecule has 21 heavy (non-hydrogen) atoms. The fourth-order valence-electron chi connectivity index (χ4n) is 2.85. The molecule has 1 N–H and O–H groups in total. The highest BCUT2D eigenvalue weighted by atomic mass is 15.1. The van der Waals surface area contributed by atoms with Gasteiger partial charge in [-0.2, -0.15) is 0 Å². The summed E-state index contributed by atoms with van der Waals surface area (Å²) in [5.74, 6) is 2.74. The largest absolute Gasteiger partial charge is 0.336 e. The zero-order chi connectivity index (χ0) is 15.3. The lowest BCUT2D eigenvalue weighted by atomic mass is 9.85. The Balaban J connectivity index is 1.89. The highest BCUT2D eigenvalue weighted by molar-refractivity contribution is 4.92. The van der Waals surface area contributed by atoms with Gasteiger partial charge in [0.05, 0.1) is 12.9 Å². The van der Waals surface area contributed by atoms with Crippen LogP contribution in [0.4, 0.5) is 0 Å². The first-order valence-corrected chi connectivity index (χ1v) is 7.86. The molecule has 0 amide bonds. The van der Waals surface area contributed by atoms with Crippen molar-refractivity contribution in [2.45, 2.75) is 52.2 Å². The van der Waals surface area contributed by atoms with Crippen molar-refractivity contribution in [2.24, 2.45) is 5.41 Å². The summed E-state index contributed by atoms with van der Waals surface area (Å²) >= 11 is 0. The highest BCUT2D eigenvalue weighted by Gasteiger charge is 2.28. The standard InChI is InChI=1S/C17H28N4/c1-5-9-20-10-6-15(7-11-20)19-16(17(2,3)4)13-21-12-8-18-14-21/h1,8,12,14-16,19H,6-7,9-11,13H2,2-4H3. The number of piperidine rings is 1. The molecule has 1 aromatic rings. The first-order valence-electron chi connectivity index (χ1n) is 7.86. The van der Waals surface area contributed by atoms with Crippen molar-refractivity contribution >= 4 is 0 Å². The van der Waals surface area contributed by atoms with Gasteiger partial charge in [-0.3, -0.25) is 4.90 Å². The van der Waals surface area contributed by atoms with Crippen LogP contribution >= 0.6 is 0 Å². The van der Waals surface area contributed by atoms with Crippen LogP contribution in [0.5, 0.6) is 0 Å². The SMILES string of the molecule is C#CCN1CCC(NC(Cn2ccnc2)C(C)(C)C)CC1. The van der Waals surface area contributed by atoms with Gasteiger partial charge in [-0.15, -0.1) is 6.42 Å². The van der Waals surface area contributed by atoms with Crippen LogP contribution in [-0.4, -0.2) is 46.2 Å². The number of aromatic nitrogens is 2. The van der Waals surface area contributed by atoms with Crippen molar-refractivity contribution < 1.29 is 0 Å². The van der Waals surface area contributed by atoms with Crippen LogP contribution in [0.15, 0.2) is 18.7 Å². The number of imidazole rings is 1. The Labute approximate surface area is 128 Å². The zero-order valence-corrected chi connectivity index (χ0v) is 13.5. The lowest BCUT2D eigenvalue weighted by Crippen LogP contribution is -2.51. The number of hydrogen-bond acceptors (Lipinski definition) is 3. The van der Waals surface area contributed by atoms with E-state index in [1.807, 2.05) is 18.7 Å². The van der Waals surface area contributed by atoms with Crippen molar-refractivity contribution in [3.8, 4) is 12.3 Å². The van der Waals surface area contributed by atoms with E-state index in [1.165, 1.54) is 12.8 Å². The van der Waals surface area contributed by atoms with Gasteiger partial charge in [0.1, 0.15) is 0 Å². The van der Waals surface area contributed by atoms with Gasteiger partial charge in [0.2, 0.25) is 0 Å². The van der Waals surface area contributed by atoms with Gasteiger partial charge in [-0.05, 0) is 18.3 Å². The minimum Gasteiger partial charge on any atom is -0.336 e. The van der Waals surface area contributed by atoms with Crippen LogP contribution in [0.1, 0.15) is 33.6 Å². The molecule has 1 saturated heterocycles. The monoisotopic (exact) mass is 288 g/mol. The Morgan fingerprint density at radius 3 is 2.62 bits per heavy atom. The molecule has 1 fully saturated rings. The molecule has 1 aromatic heterocycles. The molecule has 0 aliphatic carbocycles. The third-order valence-electron chi connectivity index (χ3n) is 4.34. The summed E-state index contributed by atoms with van der Waals surface area (Å²) in [6.45, 7) is 10.9. The fourth-order valence-corrected chi connectivity index (χ4v) is 2.85. The van der Waals surface area contributed by atoms with E-state index in [-0.39, 0.29) is 5.41 Å². The predicted molar refractivity (Wildman–Crippen MR) is 86.9 cm³/mol. The highest BCUT2D eigenvalue weighted by Crippen LogP contribution is 2.23. The van der Waals surface area contributed by atoms with Gasteiger partial charge < -0.3 is 9.88 Å². The Morgan fingerprint density at radius 2 is 2.10 bits per heavy atom. The molecular weight excluding hydrogens is 260 g/mol. The maximum Gasteiger partial charge on any atom is 0.0946 e. The van der Waals surface area contributed by atoms with Crippen LogP contribution in [-0.2, 0) is 6.54 Å². The molecule has 0 saturated carbocycles. The van der Waals surface area contributed by atoms with Gasteiger partial charge in [-0.25, -0.2) is 4.98 Å². The van der Waals surface area contributed by atoms with Crippen LogP contribution in [0.25, 0.3) is 0 Å². The first-order chi connectivity index (χ1) is 9.99. The van der Waals surface area contributed by atoms with Gasteiger partial charge in [0.25, 0.3) is 0 Å². The average Bonchev–Trinajstić information content (AvgIpc) is 2.92. The third-order valence-corrected chi connectivity index (χ3v) is 4.34. The Kier molecular flexibility index (Phi) is 5.44. The number of hydrogen-bond donors (Lipinski definition) is 1. The summed E-state index contributed by atoms with van der Waals surface area (Å²) in [6, 6.07) is 1.03. The van der Waals surface area contributed by atoms with E-state index in [4.69, 9.17) is 6.42 Å². The van der Waals surface area contributed by atoms with Crippen molar-refractivity contribution in [2.75, 3.05) is 19.6 Å². The molecule has 1 aliphatic rings. The van der Waals surface area contributed by atoms with E-state index in [9.17, 15) is 0 Å². The van der Waals surface area contributed by atoms with Crippen molar-refractivity contribution in [3.05, 3.63) is 18.7 Å². The van der Waals surface area contributed by atoms with Crippen molar-refractivity contribution in [1.82, 2.24) is 19.8 Å². The van der Waals surface area contributed by atoms with E-state index in [0.29, 0.717) is 12.1 Å². The van der Waals surface area contributed by atoms with Crippen LogP contribution in [0.3, 0.4) is 0 Å². The van der Waals surface area contributed by atoms with E-state index in [2.05, 4.69) is 46.5 Å². The molecule has 2 heterocycles. The number of terminal acetylenes is 1. The minimum atomic E-state index is 0.222. The summed E-state index contributed by atoms with van der Waals surface area (Å²) in [4.78, 5) is 6.51. The fraction of sp³-hybridized carbons (Fsp3) is 0.706. The molecule has 1 unspecified atom stereocenters. The first kappa shape index (κ1) is 16.1. The molecule has 0 spiro atoms. The normalized spacial score (nSPS) is 19.3. The second kappa shape index (κ2) is 7.11. The summed E-state index contributed by atoms with van der Waals surface area (Å²) in [5, 5.41) is 3.87. The molecule has 1 aliphatic heterocycles. The lowest BCUT2D eigenvalue weighted by Gasteiger charge is -2.38. The third kappa shape index (κ3) is 4.87. The smallest absolute Gasteiger partial charge is 0.0946 e. The van der Waals surface area contributed by atoms with E-state index in [1.54, 1.807) is 0 Å². The number of likely N-dealkylation sites (tertiary alicyclic amines) is 1. The minimum absolute atomic E-state index is 0.222. The molecular formula is C17H28N4. The Bertz CT molecular complexity index is 444. The predicted octanol–water partition coefficient (Wildman–Crippen LogP) is 1.98. The molecule has 4 nitrogen and oxygen atoms in total. The molecule has 4 heteroatoms. The second-order valence-corrected chi connectivity index (χ2v) is 7.10. The number of rotatable bonds is 5.